The summed E-state index contributed by atoms with van der Waals surface area (Å²) in [6, 6.07) is 5.58. The fourth-order valence-corrected chi connectivity index (χ4v) is 3.20. The lowest BCUT2D eigenvalue weighted by atomic mass is 10.0. The molecule has 0 radical (unpaired) electrons. The van der Waals surface area contributed by atoms with Crippen molar-refractivity contribution in [2.45, 2.75) is 45.7 Å². The number of carboxylic acids is 1. The summed E-state index contributed by atoms with van der Waals surface area (Å²) in [6.45, 7) is 4.76. The number of para-hydroxylation sites is 1. The molecule has 0 saturated carbocycles. The molecule has 3 amide bonds. The maximum Gasteiger partial charge on any atom is 0.326 e. The van der Waals surface area contributed by atoms with Gasteiger partial charge in [-0.3, -0.25) is 14.4 Å². The molecule has 2 aromatic rings. The number of carbonyl (C=O) groups is 4. The zero-order valence-electron chi connectivity index (χ0n) is 17.3. The first-order valence-corrected chi connectivity index (χ1v) is 9.79. The smallest absolute Gasteiger partial charge is 0.326 e. The van der Waals surface area contributed by atoms with E-state index in [9.17, 15) is 24.3 Å². The van der Waals surface area contributed by atoms with Crippen molar-refractivity contribution >= 4 is 34.6 Å². The van der Waals surface area contributed by atoms with Gasteiger partial charge in [-0.25, -0.2) is 4.79 Å². The maximum atomic E-state index is 12.3. The minimum atomic E-state index is -1.17. The molecule has 0 fully saturated rings. The summed E-state index contributed by atoms with van der Waals surface area (Å²) in [6.07, 6.45) is 2.24. The molecule has 162 valence electrons. The van der Waals surface area contributed by atoms with Crippen molar-refractivity contribution in [3.63, 3.8) is 0 Å². The molecule has 9 heteroatoms. The molecule has 1 aromatic carbocycles. The number of rotatable bonds is 10. The average molecular weight is 416 g/mol. The van der Waals surface area contributed by atoms with Crippen molar-refractivity contribution in [2.75, 3.05) is 6.54 Å². The SMILES string of the molecule is CC(=O)N[C@H](CC(C)C)C(=O)NCC(=O)N[C@H](Cc1c[nH]c2ccccc12)C(=O)O. The Bertz CT molecular complexity index is 921. The number of H-pyrrole nitrogens is 1. The van der Waals surface area contributed by atoms with Crippen molar-refractivity contribution < 1.29 is 24.3 Å². The van der Waals surface area contributed by atoms with Gasteiger partial charge >= 0.3 is 5.97 Å². The molecule has 5 N–H and O–H groups in total. The standard InChI is InChI=1S/C21H28N4O5/c1-12(2)8-17(24-13(3)26)20(28)23-11-19(27)25-18(21(29)30)9-14-10-22-16-7-5-4-6-15(14)16/h4-7,10,12,17-18,22H,8-9,11H2,1-3H3,(H,23,28)(H,24,26)(H,25,27)(H,29,30)/t17-,18-/m1/s1. The van der Waals surface area contributed by atoms with Crippen molar-refractivity contribution in [2.24, 2.45) is 5.92 Å². The number of amides is 3. The monoisotopic (exact) mass is 416 g/mol. The van der Waals surface area contributed by atoms with E-state index in [2.05, 4.69) is 20.9 Å². The summed E-state index contributed by atoms with van der Waals surface area (Å²) < 4.78 is 0. The van der Waals surface area contributed by atoms with Crippen molar-refractivity contribution in [3.8, 4) is 0 Å². The van der Waals surface area contributed by atoms with Gasteiger partial charge in [-0.2, -0.15) is 0 Å². The minimum absolute atomic E-state index is 0.0981. The van der Waals surface area contributed by atoms with Crippen LogP contribution in [0, 0.1) is 5.92 Å². The number of aromatic nitrogens is 1. The lowest BCUT2D eigenvalue weighted by molar-refractivity contribution is -0.141. The molecule has 2 atom stereocenters. The number of fused-ring (bicyclic) bond motifs is 1. The van der Waals surface area contributed by atoms with Crippen molar-refractivity contribution in [1.82, 2.24) is 20.9 Å². The van der Waals surface area contributed by atoms with Gasteiger partial charge in [0.15, 0.2) is 0 Å². The van der Waals surface area contributed by atoms with E-state index in [0.717, 1.165) is 16.5 Å². The van der Waals surface area contributed by atoms with Crippen LogP contribution in [0.1, 0.15) is 32.8 Å². The lowest BCUT2D eigenvalue weighted by Gasteiger charge is -2.20. The van der Waals surface area contributed by atoms with Crippen LogP contribution in [-0.2, 0) is 25.6 Å². The molecule has 2 rings (SSSR count). The Morgan fingerprint density at radius 3 is 2.40 bits per heavy atom. The number of benzene rings is 1. The average Bonchev–Trinajstić information content (AvgIpc) is 3.07. The van der Waals surface area contributed by atoms with Crippen LogP contribution in [0.3, 0.4) is 0 Å². The van der Waals surface area contributed by atoms with Crippen LogP contribution >= 0.6 is 0 Å². The molecular weight excluding hydrogens is 388 g/mol. The number of carbonyl (C=O) groups excluding carboxylic acids is 3. The Kier molecular flexibility index (Phi) is 7.97. The van der Waals surface area contributed by atoms with E-state index in [4.69, 9.17) is 0 Å². The third kappa shape index (κ3) is 6.61. The quantitative estimate of drug-likeness (QED) is 0.392. The highest BCUT2D eigenvalue weighted by molar-refractivity contribution is 5.91. The predicted molar refractivity (Wildman–Crippen MR) is 112 cm³/mol. The van der Waals surface area contributed by atoms with Crippen LogP contribution < -0.4 is 16.0 Å². The van der Waals surface area contributed by atoms with Gasteiger partial charge in [0.25, 0.3) is 0 Å². The number of carboxylic acid groups (broad SMARTS) is 1. The molecule has 0 bridgehead atoms. The van der Waals surface area contributed by atoms with Gasteiger partial charge in [0.05, 0.1) is 6.54 Å². The van der Waals surface area contributed by atoms with Gasteiger partial charge in [-0.15, -0.1) is 0 Å². The van der Waals surface area contributed by atoms with E-state index in [1.807, 2.05) is 38.1 Å². The summed E-state index contributed by atoms with van der Waals surface area (Å²) in [5.41, 5.74) is 1.65. The second kappa shape index (κ2) is 10.4. The topological polar surface area (TPSA) is 140 Å². The number of aliphatic carboxylic acids is 1. The van der Waals surface area contributed by atoms with Crippen LogP contribution in [0.2, 0.25) is 0 Å². The second-order valence-corrected chi connectivity index (χ2v) is 7.62. The van der Waals surface area contributed by atoms with Crippen molar-refractivity contribution in [1.29, 1.82) is 0 Å². The van der Waals surface area contributed by atoms with Gasteiger partial charge in [-0.05, 0) is 24.0 Å². The highest BCUT2D eigenvalue weighted by atomic mass is 16.4. The highest BCUT2D eigenvalue weighted by Gasteiger charge is 2.24. The zero-order valence-corrected chi connectivity index (χ0v) is 17.3. The predicted octanol–water partition coefficient (Wildman–Crippen LogP) is 0.947. The van der Waals surface area contributed by atoms with Gasteiger partial charge in [0.1, 0.15) is 12.1 Å². The largest absolute Gasteiger partial charge is 0.480 e. The number of hydrogen-bond donors (Lipinski definition) is 5. The molecule has 9 nitrogen and oxygen atoms in total. The molecule has 0 aliphatic heterocycles. The van der Waals surface area contributed by atoms with Gasteiger partial charge in [0, 0.05) is 30.4 Å². The highest BCUT2D eigenvalue weighted by Crippen LogP contribution is 2.19. The first-order chi connectivity index (χ1) is 14.2. The summed E-state index contributed by atoms with van der Waals surface area (Å²) >= 11 is 0. The van der Waals surface area contributed by atoms with E-state index in [1.165, 1.54) is 6.92 Å². The first-order valence-electron chi connectivity index (χ1n) is 9.79. The lowest BCUT2D eigenvalue weighted by Crippen LogP contribution is -2.51. The van der Waals surface area contributed by atoms with Crippen LogP contribution in [0.5, 0.6) is 0 Å². The Hall–Kier alpha value is -3.36. The normalized spacial score (nSPS) is 12.9. The van der Waals surface area contributed by atoms with Gasteiger partial charge < -0.3 is 26.0 Å². The zero-order chi connectivity index (χ0) is 22.3. The van der Waals surface area contributed by atoms with Gasteiger partial charge in [0.2, 0.25) is 17.7 Å². The fourth-order valence-electron chi connectivity index (χ4n) is 3.20. The second-order valence-electron chi connectivity index (χ2n) is 7.62. The minimum Gasteiger partial charge on any atom is -0.480 e. The third-order valence-electron chi connectivity index (χ3n) is 4.56. The molecular formula is C21H28N4O5. The first kappa shape index (κ1) is 22.9. The van der Waals surface area contributed by atoms with E-state index in [1.54, 1.807) is 6.20 Å². The number of hydrogen-bond acceptors (Lipinski definition) is 4. The third-order valence-corrected chi connectivity index (χ3v) is 4.56. The fraction of sp³-hybridized carbons (Fsp3) is 0.429. The van der Waals surface area contributed by atoms with E-state index in [0.29, 0.717) is 6.42 Å². The molecule has 0 aliphatic rings. The molecule has 0 unspecified atom stereocenters. The summed E-state index contributed by atoms with van der Waals surface area (Å²) in [5, 5.41) is 17.8. The Morgan fingerprint density at radius 1 is 1.07 bits per heavy atom. The maximum absolute atomic E-state index is 12.3. The summed E-state index contributed by atoms with van der Waals surface area (Å²) in [5.74, 6) is -2.46. The summed E-state index contributed by atoms with van der Waals surface area (Å²) in [4.78, 5) is 50.6. The number of aromatic amines is 1. The van der Waals surface area contributed by atoms with Crippen LogP contribution in [-0.4, -0.2) is 52.4 Å². The van der Waals surface area contributed by atoms with E-state index >= 15 is 0 Å². The molecule has 1 aromatic heterocycles. The molecule has 0 aliphatic carbocycles. The van der Waals surface area contributed by atoms with Crippen LogP contribution in [0.15, 0.2) is 30.5 Å². The molecule has 1 heterocycles. The molecule has 30 heavy (non-hydrogen) atoms. The van der Waals surface area contributed by atoms with Crippen LogP contribution in [0.4, 0.5) is 0 Å². The van der Waals surface area contributed by atoms with Crippen molar-refractivity contribution in [3.05, 3.63) is 36.0 Å². The summed E-state index contributed by atoms with van der Waals surface area (Å²) in [7, 11) is 0. The molecule has 0 saturated heterocycles. The Morgan fingerprint density at radius 2 is 1.77 bits per heavy atom. The van der Waals surface area contributed by atoms with E-state index < -0.39 is 29.9 Å². The van der Waals surface area contributed by atoms with Gasteiger partial charge in [-0.1, -0.05) is 32.0 Å². The Labute approximate surface area is 174 Å². The molecule has 0 spiro atoms. The Balaban J connectivity index is 1.95. The van der Waals surface area contributed by atoms with E-state index in [-0.39, 0.29) is 24.8 Å². The van der Waals surface area contributed by atoms with Crippen LogP contribution in [0.25, 0.3) is 10.9 Å². The number of nitrogens with one attached hydrogen (secondary N) is 4.